The highest BCUT2D eigenvalue weighted by Gasteiger charge is 2.17. The van der Waals surface area contributed by atoms with E-state index < -0.39 is 0 Å². The Morgan fingerprint density at radius 1 is 1.37 bits per heavy atom. The number of aryl methyl sites for hydroxylation is 1. The van der Waals surface area contributed by atoms with E-state index in [-0.39, 0.29) is 0 Å². The van der Waals surface area contributed by atoms with E-state index in [1.54, 1.807) is 0 Å². The molecule has 1 aromatic rings. The molecular formula is C14H21Cl2N3. The Balaban J connectivity index is 1.96. The molecule has 1 saturated heterocycles. The van der Waals surface area contributed by atoms with Crippen molar-refractivity contribution in [3.05, 3.63) is 27.5 Å². The second kappa shape index (κ2) is 6.89. The Bertz CT molecular complexity index is 408. The van der Waals surface area contributed by atoms with E-state index in [1.165, 1.54) is 12.8 Å². The lowest BCUT2D eigenvalue weighted by molar-refractivity contribution is 0.234. The molecule has 0 saturated carbocycles. The van der Waals surface area contributed by atoms with E-state index in [9.17, 15) is 0 Å². The second-order valence-electron chi connectivity index (χ2n) is 5.40. The summed E-state index contributed by atoms with van der Waals surface area (Å²) in [4.78, 5) is 6.57. The molecule has 0 amide bonds. The SMILES string of the molecule is Cc1cc(Cl)c(CN(C)CC2CCNCC2)c(Cl)n1. The van der Waals surface area contributed by atoms with E-state index in [2.05, 4.69) is 22.2 Å². The van der Waals surface area contributed by atoms with Gasteiger partial charge in [0.15, 0.2) is 0 Å². The van der Waals surface area contributed by atoms with Crippen LogP contribution < -0.4 is 5.32 Å². The van der Waals surface area contributed by atoms with Crippen LogP contribution in [0.5, 0.6) is 0 Å². The third-order valence-electron chi connectivity index (χ3n) is 3.60. The Morgan fingerprint density at radius 3 is 2.68 bits per heavy atom. The first-order valence-electron chi connectivity index (χ1n) is 6.77. The molecule has 1 aliphatic heterocycles. The van der Waals surface area contributed by atoms with Crippen LogP contribution in [0, 0.1) is 12.8 Å². The highest BCUT2D eigenvalue weighted by atomic mass is 35.5. The van der Waals surface area contributed by atoms with Crippen molar-refractivity contribution in [2.75, 3.05) is 26.7 Å². The minimum Gasteiger partial charge on any atom is -0.317 e. The average molecular weight is 302 g/mol. The molecule has 2 rings (SSSR count). The van der Waals surface area contributed by atoms with Gasteiger partial charge in [0.2, 0.25) is 0 Å². The second-order valence-corrected chi connectivity index (χ2v) is 6.17. The average Bonchev–Trinajstić information content (AvgIpc) is 2.35. The van der Waals surface area contributed by atoms with Crippen LogP contribution in [0.2, 0.25) is 10.2 Å². The standard InChI is InChI=1S/C14H21Cl2N3/c1-10-7-13(15)12(14(16)18-10)9-19(2)8-11-3-5-17-6-4-11/h7,11,17H,3-6,8-9H2,1-2H3. The number of pyridine rings is 1. The normalized spacial score (nSPS) is 17.1. The fourth-order valence-electron chi connectivity index (χ4n) is 2.60. The van der Waals surface area contributed by atoms with Crippen LogP contribution in [0.4, 0.5) is 0 Å². The van der Waals surface area contributed by atoms with Gasteiger partial charge in [0.05, 0.1) is 0 Å². The van der Waals surface area contributed by atoms with E-state index in [0.29, 0.717) is 5.15 Å². The number of hydrogen-bond acceptors (Lipinski definition) is 3. The first kappa shape index (κ1) is 15.0. The van der Waals surface area contributed by atoms with E-state index >= 15 is 0 Å². The van der Waals surface area contributed by atoms with Gasteiger partial charge in [-0.25, -0.2) is 4.98 Å². The van der Waals surface area contributed by atoms with Crippen molar-refractivity contribution in [2.24, 2.45) is 5.92 Å². The number of rotatable bonds is 4. The quantitative estimate of drug-likeness (QED) is 0.866. The number of aromatic nitrogens is 1. The zero-order valence-corrected chi connectivity index (χ0v) is 13.1. The molecule has 2 heterocycles. The lowest BCUT2D eigenvalue weighted by atomic mass is 9.97. The summed E-state index contributed by atoms with van der Waals surface area (Å²) in [6.07, 6.45) is 2.50. The molecule has 0 bridgehead atoms. The lowest BCUT2D eigenvalue weighted by Gasteiger charge is -2.27. The van der Waals surface area contributed by atoms with Crippen molar-refractivity contribution in [2.45, 2.75) is 26.3 Å². The summed E-state index contributed by atoms with van der Waals surface area (Å²) in [7, 11) is 2.12. The number of hydrogen-bond donors (Lipinski definition) is 1. The smallest absolute Gasteiger partial charge is 0.135 e. The van der Waals surface area contributed by atoms with Gasteiger partial charge in [-0.2, -0.15) is 0 Å². The number of halogens is 2. The first-order valence-corrected chi connectivity index (χ1v) is 7.52. The molecule has 1 aromatic heterocycles. The van der Waals surface area contributed by atoms with E-state index in [0.717, 1.165) is 48.4 Å². The zero-order chi connectivity index (χ0) is 13.8. The largest absolute Gasteiger partial charge is 0.317 e. The summed E-state index contributed by atoms with van der Waals surface area (Å²) in [5, 5.41) is 4.64. The maximum atomic E-state index is 6.26. The molecule has 0 radical (unpaired) electrons. The number of nitrogens with one attached hydrogen (secondary N) is 1. The van der Waals surface area contributed by atoms with Gasteiger partial charge in [0.1, 0.15) is 5.15 Å². The maximum absolute atomic E-state index is 6.26. The monoisotopic (exact) mass is 301 g/mol. The fourth-order valence-corrected chi connectivity index (χ4v) is 3.25. The van der Waals surface area contributed by atoms with Gasteiger partial charge in [0.25, 0.3) is 0 Å². The maximum Gasteiger partial charge on any atom is 0.135 e. The molecule has 1 fully saturated rings. The predicted molar refractivity (Wildman–Crippen MR) is 80.9 cm³/mol. The van der Waals surface area contributed by atoms with Gasteiger partial charge in [-0.15, -0.1) is 0 Å². The molecule has 0 aromatic carbocycles. The molecule has 0 unspecified atom stereocenters. The number of piperidine rings is 1. The van der Waals surface area contributed by atoms with Gasteiger partial charge in [-0.1, -0.05) is 23.2 Å². The van der Waals surface area contributed by atoms with Crippen LogP contribution >= 0.6 is 23.2 Å². The molecule has 0 spiro atoms. The molecule has 1 aliphatic rings. The highest BCUT2D eigenvalue weighted by molar-refractivity contribution is 6.35. The van der Waals surface area contributed by atoms with Crippen LogP contribution in [0.3, 0.4) is 0 Å². The minimum absolute atomic E-state index is 0.530. The molecule has 3 nitrogen and oxygen atoms in total. The van der Waals surface area contributed by atoms with E-state index in [1.807, 2.05) is 13.0 Å². The van der Waals surface area contributed by atoms with Crippen LogP contribution in [0.1, 0.15) is 24.1 Å². The van der Waals surface area contributed by atoms with Crippen molar-refractivity contribution in [1.29, 1.82) is 0 Å². The van der Waals surface area contributed by atoms with Gasteiger partial charge >= 0.3 is 0 Å². The van der Waals surface area contributed by atoms with Crippen molar-refractivity contribution in [1.82, 2.24) is 15.2 Å². The Labute approximate surface area is 125 Å². The predicted octanol–water partition coefficient (Wildman–Crippen LogP) is 3.13. The molecule has 1 N–H and O–H groups in total. The molecule has 106 valence electrons. The summed E-state index contributed by atoms with van der Waals surface area (Å²) in [5.41, 5.74) is 1.80. The molecule has 0 aliphatic carbocycles. The van der Waals surface area contributed by atoms with Crippen LogP contribution in [-0.4, -0.2) is 36.6 Å². The molecule has 19 heavy (non-hydrogen) atoms. The van der Waals surface area contributed by atoms with Gasteiger partial charge in [-0.3, -0.25) is 0 Å². The van der Waals surface area contributed by atoms with Gasteiger partial charge < -0.3 is 10.2 Å². The van der Waals surface area contributed by atoms with Crippen LogP contribution in [0.25, 0.3) is 0 Å². The summed E-state index contributed by atoms with van der Waals surface area (Å²) in [6, 6.07) is 1.88. The zero-order valence-electron chi connectivity index (χ0n) is 11.5. The molecular weight excluding hydrogens is 281 g/mol. The Hall–Kier alpha value is -0.350. The van der Waals surface area contributed by atoms with Crippen molar-refractivity contribution >= 4 is 23.2 Å². The summed E-state index contributed by atoms with van der Waals surface area (Å²) < 4.78 is 0. The molecule has 5 heteroatoms. The lowest BCUT2D eigenvalue weighted by Crippen LogP contribution is -2.34. The fraction of sp³-hybridized carbons (Fsp3) is 0.643. The van der Waals surface area contributed by atoms with E-state index in [4.69, 9.17) is 23.2 Å². The van der Waals surface area contributed by atoms with Crippen LogP contribution in [0.15, 0.2) is 6.07 Å². The van der Waals surface area contributed by atoms with Gasteiger partial charge in [0, 0.05) is 29.4 Å². The minimum atomic E-state index is 0.530. The van der Waals surface area contributed by atoms with Crippen molar-refractivity contribution < 1.29 is 0 Å². The molecule has 0 atom stereocenters. The Kier molecular flexibility index (Phi) is 5.46. The Morgan fingerprint density at radius 2 is 2.05 bits per heavy atom. The van der Waals surface area contributed by atoms with Crippen LogP contribution in [-0.2, 0) is 6.54 Å². The topological polar surface area (TPSA) is 28.2 Å². The first-order chi connectivity index (χ1) is 9.06. The number of nitrogens with zero attached hydrogens (tertiary/aromatic N) is 2. The third-order valence-corrected chi connectivity index (χ3v) is 4.25. The van der Waals surface area contributed by atoms with Gasteiger partial charge in [-0.05, 0) is 51.9 Å². The highest BCUT2D eigenvalue weighted by Crippen LogP contribution is 2.25. The summed E-state index contributed by atoms with van der Waals surface area (Å²) >= 11 is 12.4. The summed E-state index contributed by atoms with van der Waals surface area (Å²) in [5.74, 6) is 0.766. The summed E-state index contributed by atoms with van der Waals surface area (Å²) in [6.45, 7) is 6.01. The van der Waals surface area contributed by atoms with Crippen molar-refractivity contribution in [3.63, 3.8) is 0 Å². The van der Waals surface area contributed by atoms with Crippen molar-refractivity contribution in [3.8, 4) is 0 Å². The third kappa shape index (κ3) is 4.32.